The fourth-order valence-electron chi connectivity index (χ4n) is 2.95. The van der Waals surface area contributed by atoms with Crippen molar-refractivity contribution in [1.82, 2.24) is 9.88 Å². The van der Waals surface area contributed by atoms with E-state index in [1.54, 1.807) is 24.3 Å². The van der Waals surface area contributed by atoms with Crippen molar-refractivity contribution in [3.63, 3.8) is 0 Å². The molecule has 0 saturated carbocycles. The lowest BCUT2D eigenvalue weighted by Gasteiger charge is -2.07. The summed E-state index contributed by atoms with van der Waals surface area (Å²) in [6.07, 6.45) is 3.01. The molecule has 0 spiro atoms. The second-order valence-electron chi connectivity index (χ2n) is 6.25. The zero-order chi connectivity index (χ0) is 19.1. The third-order valence-corrected chi connectivity index (χ3v) is 4.36. The number of carbonyl (C=O) groups excluding carboxylic acids is 1. The highest BCUT2D eigenvalue weighted by molar-refractivity contribution is 6.01. The van der Waals surface area contributed by atoms with Gasteiger partial charge in [0.15, 0.2) is 0 Å². The summed E-state index contributed by atoms with van der Waals surface area (Å²) in [5, 5.41) is 12.0. The van der Waals surface area contributed by atoms with Gasteiger partial charge in [0, 0.05) is 24.5 Å². The molecule has 2 rings (SSSR count). The van der Waals surface area contributed by atoms with Crippen LogP contribution in [0, 0.1) is 31.0 Å². The van der Waals surface area contributed by atoms with E-state index in [9.17, 15) is 14.4 Å². The van der Waals surface area contributed by atoms with Crippen LogP contribution in [0.1, 0.15) is 35.9 Å². The average molecular weight is 353 g/mol. The highest BCUT2D eigenvalue weighted by Gasteiger charge is 2.12. The Balaban J connectivity index is 2.07. The number of benzene rings is 1. The number of carbonyl (C=O) groups is 1. The van der Waals surface area contributed by atoms with Gasteiger partial charge in [-0.05, 0) is 56.0 Å². The predicted molar refractivity (Wildman–Crippen MR) is 101 cm³/mol. The lowest BCUT2D eigenvalue weighted by atomic mass is 10.1. The Bertz CT molecular complexity index is 859. The van der Waals surface area contributed by atoms with Gasteiger partial charge in [-0.15, -0.1) is 0 Å². The van der Waals surface area contributed by atoms with Gasteiger partial charge in [-0.25, -0.2) is 4.39 Å². The molecule has 0 aliphatic rings. The molecule has 0 saturated heterocycles. The van der Waals surface area contributed by atoms with Crippen LogP contribution in [0.2, 0.25) is 0 Å². The van der Waals surface area contributed by atoms with E-state index in [0.29, 0.717) is 12.0 Å². The summed E-state index contributed by atoms with van der Waals surface area (Å²) in [5.74, 6) is -0.731. The van der Waals surface area contributed by atoms with E-state index in [2.05, 4.69) is 16.8 Å². The van der Waals surface area contributed by atoms with Crippen LogP contribution in [0.5, 0.6) is 0 Å². The molecular formula is C21H24FN3O. The monoisotopic (exact) mass is 353 g/mol. The zero-order valence-corrected chi connectivity index (χ0v) is 15.5. The van der Waals surface area contributed by atoms with Crippen molar-refractivity contribution in [3.05, 3.63) is 64.2 Å². The molecule has 1 aromatic carbocycles. The number of halogens is 1. The van der Waals surface area contributed by atoms with Gasteiger partial charge < -0.3 is 9.88 Å². The topological polar surface area (TPSA) is 57.8 Å². The molecule has 1 N–H and O–H groups in total. The first-order valence-corrected chi connectivity index (χ1v) is 8.78. The van der Waals surface area contributed by atoms with Gasteiger partial charge >= 0.3 is 0 Å². The first-order valence-electron chi connectivity index (χ1n) is 8.78. The first kappa shape index (κ1) is 19.5. The van der Waals surface area contributed by atoms with E-state index in [4.69, 9.17) is 0 Å². The molecular weight excluding hydrogens is 329 g/mol. The first-order chi connectivity index (χ1) is 12.5. The Labute approximate surface area is 154 Å². The van der Waals surface area contributed by atoms with Crippen LogP contribution in [0.4, 0.5) is 4.39 Å². The van der Waals surface area contributed by atoms with E-state index < -0.39 is 5.91 Å². The van der Waals surface area contributed by atoms with Crippen molar-refractivity contribution in [3.8, 4) is 6.07 Å². The van der Waals surface area contributed by atoms with Crippen LogP contribution in [0.3, 0.4) is 0 Å². The SMILES string of the molecule is CCCn1c(C)cc(/C=C(\C#N)C(=O)NCCc2ccccc2F)c1C. The van der Waals surface area contributed by atoms with E-state index in [-0.39, 0.29) is 17.9 Å². The number of hydrogen-bond donors (Lipinski definition) is 1. The maximum absolute atomic E-state index is 13.6. The average Bonchev–Trinajstić information content (AvgIpc) is 2.89. The predicted octanol–water partition coefficient (Wildman–Crippen LogP) is 3.92. The fraction of sp³-hybridized carbons (Fsp3) is 0.333. The van der Waals surface area contributed by atoms with Gasteiger partial charge in [0.05, 0.1) is 0 Å². The summed E-state index contributed by atoms with van der Waals surface area (Å²) in [5.41, 5.74) is 3.61. The van der Waals surface area contributed by atoms with E-state index >= 15 is 0 Å². The number of nitriles is 1. The molecule has 0 fully saturated rings. The summed E-state index contributed by atoms with van der Waals surface area (Å²) >= 11 is 0. The number of amides is 1. The molecule has 0 radical (unpaired) electrons. The van der Waals surface area contributed by atoms with Gasteiger partial charge in [-0.2, -0.15) is 5.26 Å². The van der Waals surface area contributed by atoms with Crippen LogP contribution in [-0.4, -0.2) is 17.0 Å². The summed E-state index contributed by atoms with van der Waals surface area (Å²) in [7, 11) is 0. The molecule has 136 valence electrons. The number of nitrogens with one attached hydrogen (secondary N) is 1. The number of rotatable bonds is 7. The number of hydrogen-bond acceptors (Lipinski definition) is 2. The van der Waals surface area contributed by atoms with Crippen LogP contribution >= 0.6 is 0 Å². The molecule has 1 aromatic heterocycles. The molecule has 1 amide bonds. The molecule has 0 bridgehead atoms. The Morgan fingerprint density at radius 3 is 2.73 bits per heavy atom. The Kier molecular flexibility index (Phi) is 6.74. The quantitative estimate of drug-likeness (QED) is 0.606. The van der Waals surface area contributed by atoms with Crippen molar-refractivity contribution in [2.45, 2.75) is 40.2 Å². The van der Waals surface area contributed by atoms with Crippen LogP contribution in [0.15, 0.2) is 35.9 Å². The van der Waals surface area contributed by atoms with Crippen LogP contribution < -0.4 is 5.32 Å². The lowest BCUT2D eigenvalue weighted by molar-refractivity contribution is -0.117. The molecule has 0 aliphatic carbocycles. The molecule has 0 atom stereocenters. The normalized spacial score (nSPS) is 11.3. The second-order valence-corrected chi connectivity index (χ2v) is 6.25. The van der Waals surface area contributed by atoms with Crippen LogP contribution in [0.25, 0.3) is 6.08 Å². The Morgan fingerprint density at radius 2 is 2.08 bits per heavy atom. The molecule has 4 nitrogen and oxygen atoms in total. The van der Waals surface area contributed by atoms with E-state index in [1.165, 1.54) is 6.07 Å². The van der Waals surface area contributed by atoms with Crippen LogP contribution in [-0.2, 0) is 17.8 Å². The standard InChI is InChI=1S/C21H24FN3O/c1-4-11-25-15(2)12-18(16(25)3)13-19(14-23)21(26)24-10-9-17-7-5-6-8-20(17)22/h5-8,12-13H,4,9-11H2,1-3H3,(H,24,26)/b19-13+. The molecule has 5 heteroatoms. The fourth-order valence-corrected chi connectivity index (χ4v) is 2.95. The lowest BCUT2D eigenvalue weighted by Crippen LogP contribution is -2.26. The molecule has 2 aromatic rings. The summed E-state index contributed by atoms with van der Waals surface area (Å²) in [6, 6.07) is 10.4. The highest BCUT2D eigenvalue weighted by Crippen LogP contribution is 2.18. The number of aryl methyl sites for hydroxylation is 1. The largest absolute Gasteiger partial charge is 0.351 e. The Hall–Kier alpha value is -2.87. The van der Waals surface area contributed by atoms with Gasteiger partial charge in [0.1, 0.15) is 17.5 Å². The second kappa shape index (κ2) is 9.00. The molecule has 0 aliphatic heterocycles. The third-order valence-electron chi connectivity index (χ3n) is 4.36. The maximum Gasteiger partial charge on any atom is 0.261 e. The van der Waals surface area contributed by atoms with Gasteiger partial charge in [0.2, 0.25) is 0 Å². The summed E-state index contributed by atoms with van der Waals surface area (Å²) < 4.78 is 15.8. The number of aromatic nitrogens is 1. The van der Waals surface area contributed by atoms with E-state index in [1.807, 2.05) is 26.0 Å². The third kappa shape index (κ3) is 4.60. The minimum absolute atomic E-state index is 0.0512. The van der Waals surface area contributed by atoms with Crippen molar-refractivity contribution in [2.24, 2.45) is 0 Å². The minimum Gasteiger partial charge on any atom is -0.351 e. The molecule has 1 heterocycles. The number of nitrogens with zero attached hydrogens (tertiary/aromatic N) is 2. The summed E-state index contributed by atoms with van der Waals surface area (Å²) in [6.45, 7) is 7.29. The van der Waals surface area contributed by atoms with Gasteiger partial charge in [0.25, 0.3) is 5.91 Å². The highest BCUT2D eigenvalue weighted by atomic mass is 19.1. The van der Waals surface area contributed by atoms with Gasteiger partial charge in [-0.3, -0.25) is 4.79 Å². The minimum atomic E-state index is -0.441. The summed E-state index contributed by atoms with van der Waals surface area (Å²) in [4.78, 5) is 12.3. The molecule has 0 unspecified atom stereocenters. The van der Waals surface area contributed by atoms with Gasteiger partial charge in [-0.1, -0.05) is 25.1 Å². The van der Waals surface area contributed by atoms with Crippen molar-refractivity contribution < 1.29 is 9.18 Å². The zero-order valence-electron chi connectivity index (χ0n) is 15.5. The van der Waals surface area contributed by atoms with E-state index in [0.717, 1.165) is 29.9 Å². The molecule has 26 heavy (non-hydrogen) atoms. The van der Waals surface area contributed by atoms with Crippen molar-refractivity contribution >= 4 is 12.0 Å². The Morgan fingerprint density at radius 1 is 1.35 bits per heavy atom. The smallest absolute Gasteiger partial charge is 0.261 e. The van der Waals surface area contributed by atoms with Crippen molar-refractivity contribution in [2.75, 3.05) is 6.54 Å². The van der Waals surface area contributed by atoms with Crippen molar-refractivity contribution in [1.29, 1.82) is 5.26 Å². The maximum atomic E-state index is 13.6.